The van der Waals surface area contributed by atoms with Crippen LogP contribution in [0.2, 0.25) is 0 Å². The minimum atomic E-state index is -0.0189. The zero-order chi connectivity index (χ0) is 19.8. The van der Waals surface area contributed by atoms with E-state index in [1.165, 1.54) is 24.5 Å². The van der Waals surface area contributed by atoms with E-state index in [1.54, 1.807) is 12.3 Å². The van der Waals surface area contributed by atoms with Crippen LogP contribution in [0.1, 0.15) is 24.4 Å². The highest BCUT2D eigenvalue weighted by atomic mass is 16.2. The summed E-state index contributed by atoms with van der Waals surface area (Å²) in [5.41, 5.74) is 2.36. The number of carbonyl (C=O) groups is 1. The lowest BCUT2D eigenvalue weighted by molar-refractivity contribution is -0.133. The van der Waals surface area contributed by atoms with Crippen LogP contribution in [0.5, 0.6) is 0 Å². The number of anilines is 3. The van der Waals surface area contributed by atoms with Gasteiger partial charge in [-0.1, -0.05) is 12.6 Å². The Morgan fingerprint density at radius 1 is 1.14 bits per heavy atom. The Hall–Kier alpha value is -3.48. The molecule has 2 aromatic heterocycles. The highest BCUT2D eigenvalue weighted by Crippen LogP contribution is 2.41. The molecule has 29 heavy (non-hydrogen) atoms. The van der Waals surface area contributed by atoms with Gasteiger partial charge in [0.05, 0.1) is 6.04 Å². The van der Waals surface area contributed by atoms with Crippen molar-refractivity contribution in [1.82, 2.24) is 19.9 Å². The molecule has 2 aliphatic rings. The Balaban J connectivity index is 1.59. The van der Waals surface area contributed by atoms with Crippen molar-refractivity contribution in [3.63, 3.8) is 0 Å². The second-order valence-corrected chi connectivity index (χ2v) is 7.39. The van der Waals surface area contributed by atoms with Crippen LogP contribution in [0.3, 0.4) is 0 Å². The van der Waals surface area contributed by atoms with E-state index < -0.39 is 0 Å². The van der Waals surface area contributed by atoms with Crippen LogP contribution >= 0.6 is 0 Å². The van der Waals surface area contributed by atoms with Crippen LogP contribution in [0.4, 0.5) is 17.3 Å². The smallest absolute Gasteiger partial charge is 0.246 e. The summed E-state index contributed by atoms with van der Waals surface area (Å²) < 4.78 is 0. The summed E-state index contributed by atoms with van der Waals surface area (Å²) in [7, 11) is 0. The van der Waals surface area contributed by atoms with Gasteiger partial charge < -0.3 is 15.1 Å². The number of pyridine rings is 1. The van der Waals surface area contributed by atoms with E-state index in [9.17, 15) is 4.79 Å². The van der Waals surface area contributed by atoms with Gasteiger partial charge in [-0.2, -0.15) is 0 Å². The molecule has 4 heterocycles. The second-order valence-electron chi connectivity index (χ2n) is 7.39. The topological polar surface area (TPSA) is 74.2 Å². The van der Waals surface area contributed by atoms with Gasteiger partial charge in [-0.15, -0.1) is 0 Å². The second kappa shape index (κ2) is 7.16. The number of carbonyl (C=O) groups excluding carboxylic acids is 1. The minimum absolute atomic E-state index is 0.0189. The van der Waals surface area contributed by atoms with Gasteiger partial charge >= 0.3 is 0 Å². The largest absolute Gasteiger partial charge is 0.371 e. The molecule has 2 saturated heterocycles. The van der Waals surface area contributed by atoms with Gasteiger partial charge in [0.2, 0.25) is 5.91 Å². The number of fused-ring (bicyclic) bond motifs is 1. The summed E-state index contributed by atoms with van der Waals surface area (Å²) >= 11 is 0. The van der Waals surface area contributed by atoms with Crippen LogP contribution < -0.4 is 10.2 Å². The lowest BCUT2D eigenvalue weighted by Crippen LogP contribution is -2.44. The summed E-state index contributed by atoms with van der Waals surface area (Å²) in [4.78, 5) is 29.3. The lowest BCUT2D eigenvalue weighted by Gasteiger charge is -2.42. The van der Waals surface area contributed by atoms with Crippen molar-refractivity contribution in [2.45, 2.75) is 18.9 Å². The van der Waals surface area contributed by atoms with Crippen molar-refractivity contribution >= 4 is 34.0 Å². The highest BCUT2D eigenvalue weighted by molar-refractivity contribution is 5.98. The molecule has 7 nitrogen and oxygen atoms in total. The predicted molar refractivity (Wildman–Crippen MR) is 113 cm³/mol. The standard InChI is InChI=1S/C22H22N6O/c1-2-22(29)28-11-7-19(28)15-4-5-18(27-9-3-10-27)17-13-24-21(12-16(15)17)26-20-6-8-23-14-25-20/h2,4-6,8,12-14,19H,1,3,7,9-11H2,(H,23,24,25,26). The molecule has 0 saturated carbocycles. The maximum Gasteiger partial charge on any atom is 0.246 e. The molecule has 7 heteroatoms. The molecule has 2 aliphatic heterocycles. The average Bonchev–Trinajstić information content (AvgIpc) is 2.68. The van der Waals surface area contributed by atoms with Gasteiger partial charge in [-0.05, 0) is 48.1 Å². The molecule has 146 valence electrons. The molecule has 0 spiro atoms. The molecule has 2 fully saturated rings. The van der Waals surface area contributed by atoms with Crippen LogP contribution in [-0.4, -0.2) is 45.4 Å². The van der Waals surface area contributed by atoms with Crippen LogP contribution in [0, 0.1) is 0 Å². The van der Waals surface area contributed by atoms with Crippen LogP contribution in [-0.2, 0) is 4.79 Å². The first-order valence-corrected chi connectivity index (χ1v) is 9.88. The predicted octanol–water partition coefficient (Wildman–Crippen LogP) is 3.44. The van der Waals surface area contributed by atoms with Crippen LogP contribution in [0.25, 0.3) is 10.8 Å². The molecule has 1 atom stereocenters. The van der Waals surface area contributed by atoms with Gasteiger partial charge in [0.25, 0.3) is 0 Å². The van der Waals surface area contributed by atoms with E-state index in [0.29, 0.717) is 5.82 Å². The van der Waals surface area contributed by atoms with E-state index in [1.807, 2.05) is 11.1 Å². The number of likely N-dealkylation sites (tertiary alicyclic amines) is 1. The fourth-order valence-electron chi connectivity index (χ4n) is 4.03. The summed E-state index contributed by atoms with van der Waals surface area (Å²) in [5.74, 6) is 1.40. The number of hydrogen-bond acceptors (Lipinski definition) is 6. The number of nitrogens with one attached hydrogen (secondary N) is 1. The van der Waals surface area contributed by atoms with E-state index >= 15 is 0 Å². The summed E-state index contributed by atoms with van der Waals surface area (Å²) in [6, 6.07) is 8.27. The summed E-state index contributed by atoms with van der Waals surface area (Å²) in [6.45, 7) is 6.55. The molecule has 3 aromatic rings. The number of rotatable bonds is 5. The molecule has 1 amide bonds. The quantitative estimate of drug-likeness (QED) is 0.677. The molecule has 1 aromatic carbocycles. The SMILES string of the molecule is C=CC(=O)N1CCC1c1ccc(N2CCC2)c2cnc(Nc3ccncn3)cc12. The first-order chi connectivity index (χ1) is 14.2. The lowest BCUT2D eigenvalue weighted by atomic mass is 9.90. The van der Waals surface area contributed by atoms with Crippen molar-refractivity contribution in [1.29, 1.82) is 0 Å². The first kappa shape index (κ1) is 17.6. The van der Waals surface area contributed by atoms with E-state index in [2.05, 4.69) is 49.9 Å². The first-order valence-electron chi connectivity index (χ1n) is 9.88. The fourth-order valence-corrected chi connectivity index (χ4v) is 4.03. The number of benzene rings is 1. The van der Waals surface area contributed by atoms with Gasteiger partial charge in [-0.25, -0.2) is 15.0 Å². The molecule has 1 N–H and O–H groups in total. The van der Waals surface area contributed by atoms with Crippen LogP contribution in [0.15, 0.2) is 55.6 Å². The van der Waals surface area contributed by atoms with E-state index in [0.717, 1.165) is 48.2 Å². The monoisotopic (exact) mass is 386 g/mol. The van der Waals surface area contributed by atoms with Crippen molar-refractivity contribution in [2.75, 3.05) is 29.9 Å². The maximum absolute atomic E-state index is 12.2. The Labute approximate surface area is 169 Å². The third-order valence-corrected chi connectivity index (χ3v) is 5.78. The number of aromatic nitrogens is 3. The molecule has 0 aliphatic carbocycles. The fraction of sp³-hybridized carbons (Fsp3) is 0.273. The van der Waals surface area contributed by atoms with Crippen molar-refractivity contribution in [3.05, 3.63) is 61.2 Å². The van der Waals surface area contributed by atoms with Gasteiger partial charge in [0.1, 0.15) is 18.0 Å². The molecular formula is C22H22N6O. The highest BCUT2D eigenvalue weighted by Gasteiger charge is 2.33. The maximum atomic E-state index is 12.2. The Kier molecular flexibility index (Phi) is 4.35. The molecule has 5 rings (SSSR count). The van der Waals surface area contributed by atoms with Gasteiger partial charge in [-0.3, -0.25) is 4.79 Å². The Bertz CT molecular complexity index is 1080. The number of hydrogen-bond donors (Lipinski definition) is 1. The Morgan fingerprint density at radius 2 is 2.03 bits per heavy atom. The van der Waals surface area contributed by atoms with Crippen molar-refractivity contribution < 1.29 is 4.79 Å². The Morgan fingerprint density at radius 3 is 2.69 bits per heavy atom. The third-order valence-electron chi connectivity index (χ3n) is 5.78. The number of nitrogens with zero attached hydrogens (tertiary/aromatic N) is 5. The van der Waals surface area contributed by atoms with E-state index in [4.69, 9.17) is 0 Å². The zero-order valence-corrected chi connectivity index (χ0v) is 16.1. The molecule has 0 radical (unpaired) electrons. The summed E-state index contributed by atoms with van der Waals surface area (Å²) in [5, 5.41) is 5.48. The molecule has 1 unspecified atom stereocenters. The number of amides is 1. The normalized spacial score (nSPS) is 18.1. The third kappa shape index (κ3) is 3.08. The van der Waals surface area contributed by atoms with Crippen molar-refractivity contribution in [3.8, 4) is 0 Å². The molecular weight excluding hydrogens is 364 g/mol. The minimum Gasteiger partial charge on any atom is -0.371 e. The van der Waals surface area contributed by atoms with Gasteiger partial charge in [0.15, 0.2) is 0 Å². The summed E-state index contributed by atoms with van der Waals surface area (Å²) in [6.07, 6.45) is 8.69. The van der Waals surface area contributed by atoms with Crippen molar-refractivity contribution in [2.24, 2.45) is 0 Å². The molecule has 0 bridgehead atoms. The van der Waals surface area contributed by atoms with E-state index in [-0.39, 0.29) is 11.9 Å². The average molecular weight is 386 g/mol. The zero-order valence-electron chi connectivity index (χ0n) is 16.1. The van der Waals surface area contributed by atoms with Gasteiger partial charge in [0, 0.05) is 43.1 Å².